The fourth-order valence-corrected chi connectivity index (χ4v) is 12.6. The Morgan fingerprint density at radius 3 is 1.12 bits per heavy atom. The molecular formula is C56H99B9I3N4O7P2-. The van der Waals surface area contributed by atoms with E-state index in [0.717, 1.165) is 62.9 Å². The number of hydrogen-bond acceptors (Lipinski definition) is 11. The summed E-state index contributed by atoms with van der Waals surface area (Å²) in [5.74, 6) is 7.09. The van der Waals surface area contributed by atoms with Crippen molar-refractivity contribution >= 4 is 151 Å². The van der Waals surface area contributed by atoms with E-state index in [4.69, 9.17) is 10.0 Å². The topological polar surface area (TPSA) is 135 Å². The van der Waals surface area contributed by atoms with Gasteiger partial charge in [-0.3, -0.25) is 9.36 Å². The minimum Gasteiger partial charge on any atom is 0 e. The van der Waals surface area contributed by atoms with Crippen LogP contribution in [0.5, 0.6) is 0 Å². The smallest absolute Gasteiger partial charge is 0 e. The van der Waals surface area contributed by atoms with Crippen LogP contribution in [0.3, 0.4) is 0 Å². The van der Waals surface area contributed by atoms with Gasteiger partial charge in [-0.15, -0.1) is 0 Å². The van der Waals surface area contributed by atoms with Crippen LogP contribution in [0.15, 0.2) is 103 Å². The van der Waals surface area contributed by atoms with E-state index in [1.54, 1.807) is 20.7 Å². The van der Waals surface area contributed by atoms with Gasteiger partial charge in [-0.05, 0) is 134 Å². The SMILES string of the molecule is C/C=C(/C)C1CN(B(C)O)C1.CB(O)N1CC(C(C)=O)C1.CC=P(c1ccccc1)(c1ccccc1)c1ccccc1.CCC.CCC(C)C1CN(B(C)O)C1.CCC(C)C1CNC1.CCP(=O)(OC)OC.I[I-]I.[B].[B].[B].[B].[B].[B]. The van der Waals surface area contributed by atoms with Gasteiger partial charge in [0.1, 0.15) is 5.78 Å². The fraction of sp³-hybridized carbons (Fsp3) is 0.607. The third-order valence-electron chi connectivity index (χ3n) is 14.5. The van der Waals surface area contributed by atoms with Crippen molar-refractivity contribution in [1.82, 2.24) is 19.7 Å². The monoisotopic (exact) mass is 1480 g/mol. The quantitative estimate of drug-likeness (QED) is 0.0606. The maximum atomic E-state index is 10.9. The number of nitrogens with one attached hydrogen (secondary N) is 1. The Hall–Kier alpha value is 0.0144. The van der Waals surface area contributed by atoms with E-state index in [9.17, 15) is 14.4 Å². The molecule has 0 saturated carbocycles. The predicted octanol–water partition coefficient (Wildman–Crippen LogP) is 6.14. The summed E-state index contributed by atoms with van der Waals surface area (Å²) in [7, 11) is -0.798. The first kappa shape index (κ1) is 94.7. The first-order valence-electron chi connectivity index (χ1n) is 27.2. The summed E-state index contributed by atoms with van der Waals surface area (Å²) in [6.07, 6.45) is 6.44. The number of nitrogens with zero attached hydrogens (tertiary/aromatic N) is 3. The van der Waals surface area contributed by atoms with Gasteiger partial charge in [-0.2, -0.15) is 0 Å². The molecule has 0 bridgehead atoms. The maximum absolute atomic E-state index is 10.9. The molecule has 4 N–H and O–H groups in total. The Morgan fingerprint density at radius 2 is 0.926 bits per heavy atom. The molecule has 11 nitrogen and oxygen atoms in total. The van der Waals surface area contributed by atoms with Crippen molar-refractivity contribution in [2.24, 2.45) is 35.5 Å². The van der Waals surface area contributed by atoms with E-state index in [1.165, 1.54) is 68.1 Å². The van der Waals surface area contributed by atoms with Crippen LogP contribution < -0.4 is 34.5 Å². The maximum Gasteiger partial charge on any atom is 0 e. The van der Waals surface area contributed by atoms with Crippen LogP contribution in [0.2, 0.25) is 20.5 Å². The molecule has 3 aromatic rings. The van der Waals surface area contributed by atoms with Crippen LogP contribution in [0.1, 0.15) is 95.4 Å². The zero-order chi connectivity index (χ0) is 57.1. The van der Waals surface area contributed by atoms with Gasteiger partial charge >= 0.3 is 79.2 Å². The molecule has 3 aromatic carbocycles. The Labute approximate surface area is 539 Å². The van der Waals surface area contributed by atoms with Crippen LogP contribution in [0.25, 0.3) is 0 Å². The third-order valence-corrected chi connectivity index (χ3v) is 20.5. The Morgan fingerprint density at radius 1 is 0.630 bits per heavy atom. The van der Waals surface area contributed by atoms with Crippen molar-refractivity contribution in [1.29, 1.82) is 0 Å². The zero-order valence-corrected chi connectivity index (χ0v) is 60.6. The van der Waals surface area contributed by atoms with Gasteiger partial charge in [0, 0.05) is 95.8 Å². The second kappa shape index (κ2) is 54.2. The molecule has 18 radical (unpaired) electrons. The van der Waals surface area contributed by atoms with Crippen LogP contribution >= 0.6 is 51.7 Å². The standard InChI is InChI=1S/C20H19P.C8H18BNO.C8H16BNO.C7H15N.C6H12BNO2.C4H11O3P.C3H8.6B.I3/c1-2-21(18-12-6-3-7-13-18,19-14-8-4-9-15-19)20-16-10-5-11-17-20;2*1-4-7(2)8-5-10(6-8)9(3)11;1-3-6(2)7-4-8-5-7;1-5(9)6-3-8(4-6)7(2)10;1-4-8(5,6-2)7-3;1-3-2;;;;;;;1-3-2/h2-17H,1H3;7-8,11H,4-6H2,1-3H3;4,8,11H,5-6H2,1-3H3;6-8H,3-5H2,1-2H3;6,10H,3-4H2,1-2H3;4H2,1-3H3;3H2,1-2H3;;;;;;;/q;;;;;;;;;;;;;-1/b;;7-4-;;;;;;;;;;;. The minimum absolute atomic E-state index is 0. The largest absolute Gasteiger partial charge is 0 e. The second-order valence-corrected chi connectivity index (χ2v) is 42.1. The van der Waals surface area contributed by atoms with Crippen molar-refractivity contribution in [3.8, 4) is 0 Å². The number of rotatable bonds is 15. The van der Waals surface area contributed by atoms with Crippen molar-refractivity contribution in [3.63, 3.8) is 0 Å². The average molecular weight is 1480 g/mol. The van der Waals surface area contributed by atoms with Gasteiger partial charge in [0.15, 0.2) is 0 Å². The van der Waals surface area contributed by atoms with Gasteiger partial charge in [-0.1, -0.05) is 176 Å². The van der Waals surface area contributed by atoms with Gasteiger partial charge in [0.05, 0.1) is 0 Å². The second-order valence-electron chi connectivity index (χ2n) is 19.8. The molecular weight excluding hydrogens is 1380 g/mol. The van der Waals surface area contributed by atoms with E-state index >= 15 is 0 Å². The van der Waals surface area contributed by atoms with Crippen molar-refractivity contribution in [3.05, 3.63) is 103 Å². The van der Waals surface area contributed by atoms with Crippen molar-refractivity contribution < 1.29 is 46.7 Å². The summed E-state index contributed by atoms with van der Waals surface area (Å²) in [6, 6.07) is 32.6. The van der Waals surface area contributed by atoms with Gasteiger partial charge in [0.25, 0.3) is 0 Å². The molecule has 444 valence electrons. The summed E-state index contributed by atoms with van der Waals surface area (Å²) in [6.45, 7) is 35.1. The molecule has 0 aromatic heterocycles. The predicted molar refractivity (Wildman–Crippen MR) is 380 cm³/mol. The molecule has 7 rings (SSSR count). The summed E-state index contributed by atoms with van der Waals surface area (Å²) in [5.41, 5.74) is 1.45. The Bertz CT molecular complexity index is 1930. The molecule has 4 fully saturated rings. The van der Waals surface area contributed by atoms with E-state index in [1.807, 2.05) is 18.5 Å². The summed E-state index contributed by atoms with van der Waals surface area (Å²) in [5, 5.41) is 34.8. The number of carbonyl (C=O) groups excluding carboxylic acids is 1. The minimum atomic E-state index is -2.66. The van der Waals surface area contributed by atoms with Gasteiger partial charge < -0.3 is 43.9 Å². The third kappa shape index (κ3) is 35.0. The average Bonchev–Trinajstić information content (AvgIpc) is 3.34. The number of hydrogen-bond donors (Lipinski definition) is 4. The number of benzene rings is 3. The Balaban J connectivity index is -0.000000162. The van der Waals surface area contributed by atoms with E-state index < -0.39 is 21.5 Å². The first-order chi connectivity index (χ1) is 35.6. The molecule has 0 amide bonds. The number of allylic oxidation sites excluding steroid dienone is 1. The molecule has 0 aliphatic carbocycles. The van der Waals surface area contributed by atoms with E-state index in [2.05, 4.69) is 226 Å². The molecule has 2 atom stereocenters. The fourth-order valence-electron chi connectivity index (χ4n) is 8.23. The molecule has 4 aliphatic rings. The summed E-state index contributed by atoms with van der Waals surface area (Å²) >= 11 is 5.30. The molecule has 4 aliphatic heterocycles. The van der Waals surface area contributed by atoms with Crippen LogP contribution in [0.4, 0.5) is 0 Å². The van der Waals surface area contributed by atoms with Crippen LogP contribution in [-0.4, -0.2) is 185 Å². The zero-order valence-electron chi connectivity index (χ0n) is 52.3. The van der Waals surface area contributed by atoms with Gasteiger partial charge in [-0.25, -0.2) is 0 Å². The molecule has 2 unspecified atom stereocenters. The van der Waals surface area contributed by atoms with E-state index in [-0.39, 0.29) is 76.3 Å². The first-order valence-corrected chi connectivity index (χ1v) is 43.3. The van der Waals surface area contributed by atoms with Crippen LogP contribution in [0, 0.1) is 35.5 Å². The number of Topliss-reactive ketones (excluding diaryl/α,β-unsaturated/α-hetero) is 1. The van der Waals surface area contributed by atoms with Crippen molar-refractivity contribution in [2.75, 3.05) is 72.7 Å². The molecule has 4 saturated heterocycles. The molecule has 4 heterocycles. The van der Waals surface area contributed by atoms with E-state index in [0.29, 0.717) is 25.3 Å². The molecule has 81 heavy (non-hydrogen) atoms. The molecule has 0 spiro atoms. The van der Waals surface area contributed by atoms with Crippen LogP contribution in [-0.2, 0) is 18.4 Å². The number of ketones is 1. The number of halogens is 3. The summed E-state index contributed by atoms with van der Waals surface area (Å²) < 4.78 is 20.0. The molecule has 25 heteroatoms. The normalized spacial score (nSPS) is 15.5. The Kier molecular flexibility index (Phi) is 63.3. The number of carbonyl (C=O) groups is 1. The summed E-state index contributed by atoms with van der Waals surface area (Å²) in [4.78, 5) is 16.7. The van der Waals surface area contributed by atoms with Crippen molar-refractivity contribution in [2.45, 2.75) is 116 Å². The van der Waals surface area contributed by atoms with Gasteiger partial charge in [0.2, 0.25) is 0 Å².